The van der Waals surface area contributed by atoms with Crippen LogP contribution in [0.4, 0.5) is 0 Å². The maximum Gasteiger partial charge on any atom is 0.273 e. The van der Waals surface area contributed by atoms with Gasteiger partial charge in [0, 0.05) is 43.4 Å². The summed E-state index contributed by atoms with van der Waals surface area (Å²) in [5.74, 6) is 1.82. The first-order chi connectivity index (χ1) is 14.5. The van der Waals surface area contributed by atoms with Crippen LogP contribution in [0.5, 0.6) is 0 Å². The molecule has 6 rings (SSSR count). The highest BCUT2D eigenvalue weighted by atomic mass is 32.1. The lowest BCUT2D eigenvalue weighted by molar-refractivity contribution is 0.0726. The van der Waals surface area contributed by atoms with E-state index in [-0.39, 0.29) is 16.9 Å². The number of hydrogen-bond acceptors (Lipinski definition) is 6. The Bertz CT molecular complexity index is 1090. The van der Waals surface area contributed by atoms with Gasteiger partial charge in [-0.15, -0.1) is 11.3 Å². The summed E-state index contributed by atoms with van der Waals surface area (Å²) in [6, 6.07) is 0. The summed E-state index contributed by atoms with van der Waals surface area (Å²) in [6.45, 7) is 6.98. The SMILES string of the molecule is Cc1nc(C(=O)N2CCc3nc4n(c(=O)c3C2)CC[C@@]42CCN(CC3CC3)C2)cs1. The zero-order chi connectivity index (χ0) is 20.5. The molecule has 158 valence electrons. The summed E-state index contributed by atoms with van der Waals surface area (Å²) in [5, 5.41) is 2.69. The van der Waals surface area contributed by atoms with E-state index in [9.17, 15) is 9.59 Å². The Balaban J connectivity index is 1.28. The van der Waals surface area contributed by atoms with Crippen molar-refractivity contribution in [1.82, 2.24) is 24.3 Å². The molecule has 2 fully saturated rings. The summed E-state index contributed by atoms with van der Waals surface area (Å²) < 4.78 is 1.92. The summed E-state index contributed by atoms with van der Waals surface area (Å²) >= 11 is 1.48. The van der Waals surface area contributed by atoms with Crippen LogP contribution in [0, 0.1) is 12.8 Å². The van der Waals surface area contributed by atoms with Crippen molar-refractivity contribution in [3.8, 4) is 0 Å². The maximum absolute atomic E-state index is 13.4. The van der Waals surface area contributed by atoms with Crippen LogP contribution in [0.1, 0.15) is 58.3 Å². The third kappa shape index (κ3) is 2.95. The van der Waals surface area contributed by atoms with Gasteiger partial charge in [0.1, 0.15) is 11.5 Å². The summed E-state index contributed by atoms with van der Waals surface area (Å²) in [6.07, 6.45) is 5.52. The van der Waals surface area contributed by atoms with Crippen LogP contribution in [-0.2, 0) is 24.9 Å². The molecule has 3 aliphatic heterocycles. The van der Waals surface area contributed by atoms with Crippen LogP contribution in [0.2, 0.25) is 0 Å². The van der Waals surface area contributed by atoms with Crippen LogP contribution < -0.4 is 5.56 Å². The van der Waals surface area contributed by atoms with Crippen molar-refractivity contribution in [2.45, 2.75) is 57.5 Å². The van der Waals surface area contributed by atoms with Gasteiger partial charge >= 0.3 is 0 Å². The summed E-state index contributed by atoms with van der Waals surface area (Å²) in [5.41, 5.74) is 2.21. The van der Waals surface area contributed by atoms with Crippen molar-refractivity contribution in [1.29, 1.82) is 0 Å². The molecule has 2 aromatic rings. The van der Waals surface area contributed by atoms with Crippen molar-refractivity contribution >= 4 is 17.2 Å². The molecule has 0 bridgehead atoms. The van der Waals surface area contributed by atoms with E-state index in [1.54, 1.807) is 10.3 Å². The van der Waals surface area contributed by atoms with Gasteiger partial charge in [-0.1, -0.05) is 0 Å². The van der Waals surface area contributed by atoms with Crippen LogP contribution in [0.25, 0.3) is 0 Å². The highest BCUT2D eigenvalue weighted by Gasteiger charge is 2.47. The van der Waals surface area contributed by atoms with Gasteiger partial charge in [0.2, 0.25) is 0 Å². The molecule has 1 saturated heterocycles. The lowest BCUT2D eigenvalue weighted by Crippen LogP contribution is -2.42. The number of aryl methyl sites for hydroxylation is 1. The molecule has 7 nitrogen and oxygen atoms in total. The van der Waals surface area contributed by atoms with Gasteiger partial charge in [-0.25, -0.2) is 9.97 Å². The number of carbonyl (C=O) groups excluding carboxylic acids is 1. The van der Waals surface area contributed by atoms with Gasteiger partial charge in [-0.2, -0.15) is 0 Å². The van der Waals surface area contributed by atoms with E-state index in [0.29, 0.717) is 30.8 Å². The number of amides is 1. The van der Waals surface area contributed by atoms with Gasteiger partial charge in [-0.05, 0) is 45.1 Å². The lowest BCUT2D eigenvalue weighted by Gasteiger charge is -2.29. The number of thiazole rings is 1. The monoisotopic (exact) mass is 425 g/mol. The number of rotatable bonds is 3. The van der Waals surface area contributed by atoms with E-state index in [0.717, 1.165) is 54.9 Å². The highest BCUT2D eigenvalue weighted by molar-refractivity contribution is 7.09. The second kappa shape index (κ2) is 6.72. The molecule has 0 N–H and O–H groups in total. The topological polar surface area (TPSA) is 71.3 Å². The van der Waals surface area contributed by atoms with Crippen molar-refractivity contribution in [3.63, 3.8) is 0 Å². The van der Waals surface area contributed by atoms with Crippen LogP contribution in [0.15, 0.2) is 10.2 Å². The second-order valence-corrected chi connectivity index (χ2v) is 10.6. The molecule has 1 saturated carbocycles. The molecule has 1 spiro atoms. The molecule has 1 amide bonds. The number of nitrogens with zero attached hydrogens (tertiary/aromatic N) is 5. The van der Waals surface area contributed by atoms with E-state index in [1.807, 2.05) is 11.5 Å². The van der Waals surface area contributed by atoms with Gasteiger partial charge in [0.25, 0.3) is 11.5 Å². The predicted molar refractivity (Wildman–Crippen MR) is 114 cm³/mol. The molecule has 0 aromatic carbocycles. The Kier molecular flexibility index (Phi) is 4.19. The van der Waals surface area contributed by atoms with E-state index < -0.39 is 0 Å². The third-order valence-corrected chi connectivity index (χ3v) is 8.15. The zero-order valence-electron chi connectivity index (χ0n) is 17.4. The van der Waals surface area contributed by atoms with Crippen LogP contribution >= 0.6 is 11.3 Å². The van der Waals surface area contributed by atoms with Crippen LogP contribution in [-0.4, -0.2) is 56.4 Å². The second-order valence-electron chi connectivity index (χ2n) is 9.50. The minimum atomic E-state index is -0.0853. The van der Waals surface area contributed by atoms with Crippen molar-refractivity contribution in [2.24, 2.45) is 5.92 Å². The molecular weight excluding hydrogens is 398 g/mol. The quantitative estimate of drug-likeness (QED) is 0.752. The fraction of sp³-hybridized carbons (Fsp3) is 0.636. The first-order valence-corrected chi connectivity index (χ1v) is 12.0. The molecule has 30 heavy (non-hydrogen) atoms. The van der Waals surface area contributed by atoms with E-state index in [1.165, 1.54) is 30.7 Å². The Morgan fingerprint density at radius 1 is 1.23 bits per heavy atom. The number of aromatic nitrogens is 3. The average Bonchev–Trinajstić information content (AvgIpc) is 3.14. The third-order valence-electron chi connectivity index (χ3n) is 7.38. The molecule has 8 heteroatoms. The maximum atomic E-state index is 13.4. The Labute approximate surface area is 179 Å². The minimum absolute atomic E-state index is 0.0498. The standard InChI is InChI=1S/C22H27N5O2S/c1-14-23-18(12-30-14)20(29)26-7-4-17-16(11-26)19(28)27-9-6-22(21(27)24-17)5-8-25(13-22)10-15-2-3-15/h12,15H,2-11,13H2,1H3/t22-/m1/s1. The molecule has 1 aliphatic carbocycles. The molecule has 0 radical (unpaired) electrons. The number of fused-ring (bicyclic) bond motifs is 3. The zero-order valence-corrected chi connectivity index (χ0v) is 18.2. The molecule has 1 atom stereocenters. The number of carbonyl (C=O) groups is 1. The largest absolute Gasteiger partial charge is 0.332 e. The molecule has 2 aromatic heterocycles. The van der Waals surface area contributed by atoms with Gasteiger partial charge in [-0.3, -0.25) is 14.2 Å². The Hall–Kier alpha value is -2.06. The summed E-state index contributed by atoms with van der Waals surface area (Å²) in [7, 11) is 0. The van der Waals surface area contributed by atoms with E-state index in [2.05, 4.69) is 9.88 Å². The molecule has 4 aliphatic rings. The van der Waals surface area contributed by atoms with E-state index in [4.69, 9.17) is 4.98 Å². The van der Waals surface area contributed by atoms with Crippen molar-refractivity contribution < 1.29 is 4.79 Å². The summed E-state index contributed by atoms with van der Waals surface area (Å²) in [4.78, 5) is 40.0. The van der Waals surface area contributed by atoms with Gasteiger partial charge in [0.05, 0.1) is 22.8 Å². The fourth-order valence-corrected chi connectivity index (χ4v) is 6.11. The Morgan fingerprint density at radius 3 is 2.83 bits per heavy atom. The van der Waals surface area contributed by atoms with Crippen molar-refractivity contribution in [3.05, 3.63) is 43.5 Å². The molecule has 0 unspecified atom stereocenters. The highest BCUT2D eigenvalue weighted by Crippen LogP contribution is 2.42. The normalized spacial score (nSPS) is 25.7. The molecular formula is C22H27N5O2S. The average molecular weight is 426 g/mol. The smallest absolute Gasteiger partial charge is 0.273 e. The van der Waals surface area contributed by atoms with Crippen LogP contribution in [0.3, 0.4) is 0 Å². The first kappa shape index (κ1) is 18.7. The fourth-order valence-electron chi connectivity index (χ4n) is 5.53. The Morgan fingerprint density at radius 2 is 2.07 bits per heavy atom. The lowest BCUT2D eigenvalue weighted by atomic mass is 9.85. The van der Waals surface area contributed by atoms with Gasteiger partial charge in [0.15, 0.2) is 0 Å². The predicted octanol–water partition coefficient (Wildman–Crippen LogP) is 1.96. The number of likely N-dealkylation sites (tertiary alicyclic amines) is 1. The number of hydrogen-bond donors (Lipinski definition) is 0. The van der Waals surface area contributed by atoms with Crippen molar-refractivity contribution in [2.75, 3.05) is 26.2 Å². The van der Waals surface area contributed by atoms with Gasteiger partial charge < -0.3 is 9.80 Å². The molecule has 5 heterocycles. The minimum Gasteiger partial charge on any atom is -0.332 e. The van der Waals surface area contributed by atoms with E-state index >= 15 is 0 Å². The first-order valence-electron chi connectivity index (χ1n) is 11.1.